The van der Waals surface area contributed by atoms with Gasteiger partial charge in [-0.05, 0) is 19.3 Å². The summed E-state index contributed by atoms with van der Waals surface area (Å²) >= 11 is 0. The monoisotopic (exact) mass is 238 g/mol. The first kappa shape index (κ1) is 11.9. The van der Waals surface area contributed by atoms with E-state index in [0.717, 1.165) is 24.9 Å². The van der Waals surface area contributed by atoms with Gasteiger partial charge >= 0.3 is 5.97 Å². The van der Waals surface area contributed by atoms with Gasteiger partial charge in [0.1, 0.15) is 5.82 Å². The molecule has 1 aromatic rings. The van der Waals surface area contributed by atoms with Crippen molar-refractivity contribution in [2.45, 2.75) is 32.1 Å². The van der Waals surface area contributed by atoms with E-state index in [9.17, 15) is 4.79 Å². The van der Waals surface area contributed by atoms with Gasteiger partial charge in [-0.25, -0.2) is 0 Å². The molecule has 1 aromatic heterocycles. The maximum absolute atomic E-state index is 10.5. The molecule has 0 spiro atoms. The normalized spacial score (nSPS) is 16.2. The van der Waals surface area contributed by atoms with E-state index in [4.69, 9.17) is 5.11 Å². The van der Waals surface area contributed by atoms with Gasteiger partial charge in [-0.3, -0.25) is 9.48 Å². The first-order chi connectivity index (χ1) is 8.16. The molecule has 0 radical (unpaired) electrons. The van der Waals surface area contributed by atoms with Gasteiger partial charge in [0.05, 0.1) is 6.42 Å². The maximum atomic E-state index is 10.5. The highest BCUT2D eigenvalue weighted by atomic mass is 16.4. The second-order valence-electron chi connectivity index (χ2n) is 4.39. The van der Waals surface area contributed by atoms with Gasteiger partial charge in [0.2, 0.25) is 5.95 Å². The molecule has 0 bridgehead atoms. The minimum atomic E-state index is -0.799. The van der Waals surface area contributed by atoms with Gasteiger partial charge in [0.25, 0.3) is 0 Å². The van der Waals surface area contributed by atoms with E-state index in [0.29, 0.717) is 6.42 Å². The van der Waals surface area contributed by atoms with E-state index in [-0.39, 0.29) is 6.42 Å². The van der Waals surface area contributed by atoms with Crippen LogP contribution in [-0.4, -0.2) is 38.9 Å². The SMILES string of the molecule is Cn1nc(N2CCCCC2)nc1CCC(=O)O. The van der Waals surface area contributed by atoms with Crippen LogP contribution in [0.1, 0.15) is 31.5 Å². The summed E-state index contributed by atoms with van der Waals surface area (Å²) in [4.78, 5) is 17.1. The number of hydrogen-bond acceptors (Lipinski definition) is 4. The molecule has 0 aliphatic carbocycles. The number of piperidine rings is 1. The average Bonchev–Trinajstić information content (AvgIpc) is 2.69. The zero-order valence-electron chi connectivity index (χ0n) is 10.1. The highest BCUT2D eigenvalue weighted by Crippen LogP contribution is 2.16. The summed E-state index contributed by atoms with van der Waals surface area (Å²) in [5, 5.41) is 13.0. The van der Waals surface area contributed by atoms with Gasteiger partial charge < -0.3 is 10.0 Å². The Hall–Kier alpha value is -1.59. The minimum Gasteiger partial charge on any atom is -0.481 e. The summed E-state index contributed by atoms with van der Waals surface area (Å²) in [6.07, 6.45) is 4.18. The number of carbonyl (C=O) groups is 1. The van der Waals surface area contributed by atoms with Crippen molar-refractivity contribution in [3.8, 4) is 0 Å². The molecule has 1 N–H and O–H groups in total. The molecule has 0 saturated carbocycles. The Morgan fingerprint density at radius 3 is 2.71 bits per heavy atom. The first-order valence-electron chi connectivity index (χ1n) is 6.03. The number of rotatable bonds is 4. The number of hydrogen-bond donors (Lipinski definition) is 1. The molecule has 6 nitrogen and oxygen atoms in total. The van der Waals surface area contributed by atoms with Crippen LogP contribution in [0.15, 0.2) is 0 Å². The third kappa shape index (κ3) is 2.95. The van der Waals surface area contributed by atoms with Crippen LogP contribution in [0.25, 0.3) is 0 Å². The second-order valence-corrected chi connectivity index (χ2v) is 4.39. The maximum Gasteiger partial charge on any atom is 0.303 e. The molecule has 0 aromatic carbocycles. The molecule has 94 valence electrons. The van der Waals surface area contributed by atoms with Crippen molar-refractivity contribution in [1.29, 1.82) is 0 Å². The molecule has 1 aliphatic rings. The largest absolute Gasteiger partial charge is 0.481 e. The lowest BCUT2D eigenvalue weighted by atomic mass is 10.1. The fourth-order valence-electron chi connectivity index (χ4n) is 2.07. The molecule has 1 aliphatic heterocycles. The highest BCUT2D eigenvalue weighted by molar-refractivity contribution is 5.66. The van der Waals surface area contributed by atoms with Crippen molar-refractivity contribution in [3.05, 3.63) is 5.82 Å². The lowest BCUT2D eigenvalue weighted by Gasteiger charge is -2.24. The van der Waals surface area contributed by atoms with Crippen molar-refractivity contribution in [3.63, 3.8) is 0 Å². The van der Waals surface area contributed by atoms with Crippen molar-refractivity contribution < 1.29 is 9.90 Å². The number of aryl methyl sites for hydroxylation is 2. The molecule has 17 heavy (non-hydrogen) atoms. The molecule has 0 amide bonds. The number of carboxylic acids is 1. The number of aromatic nitrogens is 3. The zero-order chi connectivity index (χ0) is 12.3. The Balaban J connectivity index is 2.03. The molecule has 0 atom stereocenters. The molecule has 2 heterocycles. The molecular weight excluding hydrogens is 220 g/mol. The van der Waals surface area contributed by atoms with Crippen LogP contribution in [0, 0.1) is 0 Å². The molecular formula is C11H18N4O2. The molecule has 0 unspecified atom stereocenters. The van der Waals surface area contributed by atoms with Crippen molar-refractivity contribution in [2.24, 2.45) is 7.05 Å². The van der Waals surface area contributed by atoms with E-state index in [2.05, 4.69) is 15.0 Å². The van der Waals surface area contributed by atoms with E-state index < -0.39 is 5.97 Å². The van der Waals surface area contributed by atoms with Gasteiger partial charge in [-0.2, -0.15) is 4.98 Å². The second kappa shape index (κ2) is 5.16. The van der Waals surface area contributed by atoms with Gasteiger partial charge in [0, 0.05) is 26.6 Å². The third-order valence-electron chi connectivity index (χ3n) is 3.04. The topological polar surface area (TPSA) is 71.2 Å². The average molecular weight is 238 g/mol. The minimum absolute atomic E-state index is 0.103. The summed E-state index contributed by atoms with van der Waals surface area (Å²) in [5.41, 5.74) is 0. The molecule has 1 fully saturated rings. The van der Waals surface area contributed by atoms with Crippen LogP contribution in [0.3, 0.4) is 0 Å². The lowest BCUT2D eigenvalue weighted by Crippen LogP contribution is -2.30. The Kier molecular flexibility index (Phi) is 3.61. The zero-order valence-corrected chi connectivity index (χ0v) is 10.1. The van der Waals surface area contributed by atoms with Gasteiger partial charge in [0.15, 0.2) is 0 Å². The summed E-state index contributed by atoms with van der Waals surface area (Å²) in [5.74, 6) is 0.688. The van der Waals surface area contributed by atoms with Crippen molar-refractivity contribution in [1.82, 2.24) is 14.8 Å². The van der Waals surface area contributed by atoms with Crippen LogP contribution in [0.2, 0.25) is 0 Å². The predicted molar refractivity (Wildman–Crippen MR) is 63.0 cm³/mol. The van der Waals surface area contributed by atoms with Crippen molar-refractivity contribution in [2.75, 3.05) is 18.0 Å². The van der Waals surface area contributed by atoms with Gasteiger partial charge in [-0.15, -0.1) is 5.10 Å². The summed E-state index contributed by atoms with van der Waals surface area (Å²) in [6.45, 7) is 2.00. The van der Waals surface area contributed by atoms with E-state index in [1.807, 2.05) is 7.05 Å². The Labute approximate surface area is 100 Å². The van der Waals surface area contributed by atoms with Crippen LogP contribution in [0.5, 0.6) is 0 Å². The van der Waals surface area contributed by atoms with Crippen LogP contribution < -0.4 is 4.90 Å². The number of aliphatic carboxylic acids is 1. The molecule has 2 rings (SSSR count). The summed E-state index contributed by atoms with van der Waals surface area (Å²) in [6, 6.07) is 0. The number of carboxylic acid groups (broad SMARTS) is 1. The molecule has 6 heteroatoms. The third-order valence-corrected chi connectivity index (χ3v) is 3.04. The fraction of sp³-hybridized carbons (Fsp3) is 0.727. The van der Waals surface area contributed by atoms with Gasteiger partial charge in [-0.1, -0.05) is 0 Å². The lowest BCUT2D eigenvalue weighted by molar-refractivity contribution is -0.137. The Bertz CT molecular complexity index is 396. The quantitative estimate of drug-likeness (QED) is 0.841. The standard InChI is InChI=1S/C11H18N4O2/c1-14-9(5-6-10(16)17)12-11(13-14)15-7-3-2-4-8-15/h2-8H2,1H3,(H,16,17). The molecule has 1 saturated heterocycles. The first-order valence-corrected chi connectivity index (χ1v) is 6.03. The fourth-order valence-corrected chi connectivity index (χ4v) is 2.07. The van der Waals surface area contributed by atoms with E-state index in [1.54, 1.807) is 4.68 Å². The van der Waals surface area contributed by atoms with E-state index in [1.165, 1.54) is 19.3 Å². The highest BCUT2D eigenvalue weighted by Gasteiger charge is 2.17. The van der Waals surface area contributed by atoms with Crippen LogP contribution >= 0.6 is 0 Å². The number of nitrogens with zero attached hydrogens (tertiary/aromatic N) is 4. The number of anilines is 1. The predicted octanol–water partition coefficient (Wildman–Crippen LogP) is 0.823. The van der Waals surface area contributed by atoms with Crippen molar-refractivity contribution >= 4 is 11.9 Å². The Morgan fingerprint density at radius 2 is 2.06 bits per heavy atom. The smallest absolute Gasteiger partial charge is 0.303 e. The van der Waals surface area contributed by atoms with Crippen LogP contribution in [-0.2, 0) is 18.3 Å². The van der Waals surface area contributed by atoms with Crippen LogP contribution in [0.4, 0.5) is 5.95 Å². The Morgan fingerprint density at radius 1 is 1.35 bits per heavy atom. The summed E-state index contributed by atoms with van der Waals surface area (Å²) < 4.78 is 1.69. The summed E-state index contributed by atoms with van der Waals surface area (Å²) in [7, 11) is 1.82. The van der Waals surface area contributed by atoms with E-state index >= 15 is 0 Å².